The summed E-state index contributed by atoms with van der Waals surface area (Å²) in [6, 6.07) is 8.26. The summed E-state index contributed by atoms with van der Waals surface area (Å²) in [6.07, 6.45) is 4.44. The maximum absolute atomic E-state index is 12.7. The SMILES string of the molecule is CN(C(=O)c1cccc(OCC(N)=O)c1)C1CC2CCC(C1)N2. The van der Waals surface area contributed by atoms with E-state index in [-0.39, 0.29) is 18.6 Å². The molecule has 2 amide bonds. The van der Waals surface area contributed by atoms with Gasteiger partial charge in [-0.15, -0.1) is 0 Å². The molecule has 1 aromatic rings. The highest BCUT2D eigenvalue weighted by atomic mass is 16.5. The summed E-state index contributed by atoms with van der Waals surface area (Å²) in [6.45, 7) is -0.189. The Bertz CT molecular complexity index is 593. The number of fused-ring (bicyclic) bond motifs is 2. The standard InChI is InChI=1S/C17H23N3O3/c1-20(14-8-12-5-6-13(9-14)19-12)17(22)11-3-2-4-15(7-11)23-10-16(18)21/h2-4,7,12-14,19H,5-6,8-10H2,1H3,(H2,18,21). The van der Waals surface area contributed by atoms with E-state index in [4.69, 9.17) is 10.5 Å². The van der Waals surface area contributed by atoms with Gasteiger partial charge in [-0.1, -0.05) is 6.07 Å². The first-order valence-electron chi connectivity index (χ1n) is 8.07. The third-order valence-electron chi connectivity index (χ3n) is 4.78. The largest absolute Gasteiger partial charge is 0.484 e. The number of ether oxygens (including phenoxy) is 1. The van der Waals surface area contributed by atoms with Crippen LogP contribution in [0.3, 0.4) is 0 Å². The van der Waals surface area contributed by atoms with E-state index in [1.165, 1.54) is 12.8 Å². The van der Waals surface area contributed by atoms with Crippen LogP contribution in [0.15, 0.2) is 24.3 Å². The lowest BCUT2D eigenvalue weighted by molar-refractivity contribution is -0.119. The van der Waals surface area contributed by atoms with E-state index < -0.39 is 5.91 Å². The van der Waals surface area contributed by atoms with Crippen molar-refractivity contribution in [1.29, 1.82) is 0 Å². The molecule has 6 heteroatoms. The van der Waals surface area contributed by atoms with Gasteiger partial charge in [0.2, 0.25) is 0 Å². The monoisotopic (exact) mass is 317 g/mol. The third-order valence-corrected chi connectivity index (χ3v) is 4.78. The number of rotatable bonds is 5. The van der Waals surface area contributed by atoms with Gasteiger partial charge in [-0.2, -0.15) is 0 Å². The Kier molecular flexibility index (Phi) is 4.52. The number of benzene rings is 1. The molecule has 2 unspecified atom stereocenters. The van der Waals surface area contributed by atoms with Crippen LogP contribution in [-0.2, 0) is 4.79 Å². The fourth-order valence-corrected chi connectivity index (χ4v) is 3.59. The molecule has 0 aliphatic carbocycles. The Balaban J connectivity index is 1.67. The first-order valence-corrected chi connectivity index (χ1v) is 8.07. The third kappa shape index (κ3) is 3.64. The fourth-order valence-electron chi connectivity index (χ4n) is 3.59. The van der Waals surface area contributed by atoms with Crippen molar-refractivity contribution in [2.45, 2.75) is 43.8 Å². The summed E-state index contributed by atoms with van der Waals surface area (Å²) < 4.78 is 5.27. The normalized spacial score (nSPS) is 25.9. The van der Waals surface area contributed by atoms with Crippen LogP contribution < -0.4 is 15.8 Å². The number of amides is 2. The lowest BCUT2D eigenvalue weighted by atomic mass is 9.98. The number of carbonyl (C=O) groups is 2. The van der Waals surface area contributed by atoms with E-state index in [1.54, 1.807) is 24.3 Å². The second-order valence-corrected chi connectivity index (χ2v) is 6.46. The van der Waals surface area contributed by atoms with Gasteiger partial charge in [0.1, 0.15) is 5.75 Å². The molecular weight excluding hydrogens is 294 g/mol. The van der Waals surface area contributed by atoms with Crippen molar-refractivity contribution >= 4 is 11.8 Å². The molecule has 3 rings (SSSR count). The average Bonchev–Trinajstić information content (AvgIpc) is 2.90. The summed E-state index contributed by atoms with van der Waals surface area (Å²) in [5.41, 5.74) is 5.64. The Morgan fingerprint density at radius 2 is 2.00 bits per heavy atom. The zero-order valence-corrected chi connectivity index (χ0v) is 13.3. The highest BCUT2D eigenvalue weighted by molar-refractivity contribution is 5.94. The van der Waals surface area contributed by atoms with Gasteiger partial charge < -0.3 is 20.7 Å². The molecular formula is C17H23N3O3. The number of piperidine rings is 1. The minimum Gasteiger partial charge on any atom is -0.484 e. The van der Waals surface area contributed by atoms with E-state index in [0.29, 0.717) is 23.4 Å². The second-order valence-electron chi connectivity index (χ2n) is 6.46. The van der Waals surface area contributed by atoms with Crippen LogP contribution in [-0.4, -0.2) is 48.5 Å². The molecule has 2 bridgehead atoms. The molecule has 0 spiro atoms. The summed E-state index contributed by atoms with van der Waals surface area (Å²) in [5, 5.41) is 3.59. The molecule has 2 atom stereocenters. The molecule has 2 aliphatic heterocycles. The number of hydrogen-bond donors (Lipinski definition) is 2. The summed E-state index contributed by atoms with van der Waals surface area (Å²) >= 11 is 0. The van der Waals surface area contributed by atoms with Gasteiger partial charge in [-0.3, -0.25) is 9.59 Å². The fraction of sp³-hybridized carbons (Fsp3) is 0.529. The summed E-state index contributed by atoms with van der Waals surface area (Å²) in [4.78, 5) is 25.4. The zero-order valence-electron chi connectivity index (χ0n) is 13.3. The molecule has 23 heavy (non-hydrogen) atoms. The van der Waals surface area contributed by atoms with Crippen molar-refractivity contribution in [1.82, 2.24) is 10.2 Å². The number of nitrogens with zero attached hydrogens (tertiary/aromatic N) is 1. The van der Waals surface area contributed by atoms with Crippen molar-refractivity contribution in [2.24, 2.45) is 5.73 Å². The summed E-state index contributed by atoms with van der Waals surface area (Å²) in [5.74, 6) is -0.0710. The van der Waals surface area contributed by atoms with Crippen LogP contribution in [0.25, 0.3) is 0 Å². The first-order chi connectivity index (χ1) is 11.0. The van der Waals surface area contributed by atoms with Crippen LogP contribution >= 0.6 is 0 Å². The van der Waals surface area contributed by atoms with Crippen molar-refractivity contribution in [3.8, 4) is 5.75 Å². The highest BCUT2D eigenvalue weighted by Crippen LogP contribution is 2.30. The van der Waals surface area contributed by atoms with E-state index in [0.717, 1.165) is 12.8 Å². The zero-order chi connectivity index (χ0) is 16.4. The van der Waals surface area contributed by atoms with Gasteiger partial charge in [0.15, 0.2) is 6.61 Å². The number of hydrogen-bond acceptors (Lipinski definition) is 4. The molecule has 2 heterocycles. The molecule has 0 aromatic heterocycles. The molecule has 6 nitrogen and oxygen atoms in total. The number of primary amides is 1. The summed E-state index contributed by atoms with van der Waals surface area (Å²) in [7, 11) is 1.87. The van der Waals surface area contributed by atoms with Crippen LogP contribution in [0.1, 0.15) is 36.0 Å². The quantitative estimate of drug-likeness (QED) is 0.845. The van der Waals surface area contributed by atoms with E-state index in [9.17, 15) is 9.59 Å². The Morgan fingerprint density at radius 1 is 1.30 bits per heavy atom. The minimum atomic E-state index is -0.538. The minimum absolute atomic E-state index is 0.0131. The van der Waals surface area contributed by atoms with E-state index in [1.807, 2.05) is 11.9 Å². The van der Waals surface area contributed by atoms with Crippen molar-refractivity contribution in [3.63, 3.8) is 0 Å². The Morgan fingerprint density at radius 3 is 2.65 bits per heavy atom. The van der Waals surface area contributed by atoms with Crippen molar-refractivity contribution in [3.05, 3.63) is 29.8 Å². The van der Waals surface area contributed by atoms with Crippen LogP contribution in [0.5, 0.6) is 5.75 Å². The molecule has 2 fully saturated rings. The molecule has 124 valence electrons. The van der Waals surface area contributed by atoms with Gasteiger partial charge in [-0.25, -0.2) is 0 Å². The topological polar surface area (TPSA) is 84.7 Å². The number of nitrogens with two attached hydrogens (primary N) is 1. The van der Waals surface area contributed by atoms with Gasteiger partial charge >= 0.3 is 0 Å². The van der Waals surface area contributed by atoms with Crippen LogP contribution in [0, 0.1) is 0 Å². The van der Waals surface area contributed by atoms with Gasteiger partial charge in [0, 0.05) is 30.7 Å². The second kappa shape index (κ2) is 6.58. The average molecular weight is 317 g/mol. The highest BCUT2D eigenvalue weighted by Gasteiger charge is 2.36. The first kappa shape index (κ1) is 15.8. The number of carbonyl (C=O) groups excluding carboxylic acids is 2. The van der Waals surface area contributed by atoms with E-state index >= 15 is 0 Å². The predicted molar refractivity (Wildman–Crippen MR) is 86.2 cm³/mol. The molecule has 3 N–H and O–H groups in total. The van der Waals surface area contributed by atoms with Crippen LogP contribution in [0.2, 0.25) is 0 Å². The lowest BCUT2D eigenvalue weighted by Crippen LogP contribution is -2.48. The molecule has 1 aromatic carbocycles. The van der Waals surface area contributed by atoms with Gasteiger partial charge in [0.25, 0.3) is 11.8 Å². The molecule has 0 saturated carbocycles. The van der Waals surface area contributed by atoms with Gasteiger partial charge in [0.05, 0.1) is 0 Å². The smallest absolute Gasteiger partial charge is 0.255 e. The van der Waals surface area contributed by atoms with Gasteiger partial charge in [-0.05, 0) is 43.9 Å². The predicted octanol–water partition coefficient (Wildman–Crippen LogP) is 0.906. The Hall–Kier alpha value is -2.08. The maximum atomic E-state index is 12.7. The molecule has 2 saturated heterocycles. The molecule has 2 aliphatic rings. The van der Waals surface area contributed by atoms with Crippen LogP contribution in [0.4, 0.5) is 0 Å². The maximum Gasteiger partial charge on any atom is 0.255 e. The van der Waals surface area contributed by atoms with E-state index in [2.05, 4.69) is 5.32 Å². The Labute approximate surface area is 136 Å². The lowest BCUT2D eigenvalue weighted by Gasteiger charge is -2.35. The van der Waals surface area contributed by atoms with Crippen molar-refractivity contribution in [2.75, 3.05) is 13.7 Å². The van der Waals surface area contributed by atoms with Crippen molar-refractivity contribution < 1.29 is 14.3 Å². The number of nitrogens with one attached hydrogen (secondary N) is 1. The molecule has 0 radical (unpaired) electrons.